The summed E-state index contributed by atoms with van der Waals surface area (Å²) in [5.41, 5.74) is 1.77. The lowest BCUT2D eigenvalue weighted by atomic mass is 9.60. The minimum atomic E-state index is -0.276. The molecule has 0 spiro atoms. The van der Waals surface area contributed by atoms with Crippen LogP contribution in [0.2, 0.25) is 0 Å². The van der Waals surface area contributed by atoms with Crippen molar-refractivity contribution < 1.29 is 9.53 Å². The van der Waals surface area contributed by atoms with Crippen LogP contribution in [0.5, 0.6) is 0 Å². The molecular weight excluding hydrogens is 256 g/mol. The van der Waals surface area contributed by atoms with Gasteiger partial charge in [0.2, 0.25) is 0 Å². The number of esters is 1. The highest BCUT2D eigenvalue weighted by molar-refractivity contribution is 9.10. The van der Waals surface area contributed by atoms with Gasteiger partial charge in [-0.3, -0.25) is 0 Å². The molecule has 0 N–H and O–H groups in total. The van der Waals surface area contributed by atoms with E-state index in [1.807, 2.05) is 18.2 Å². The van der Waals surface area contributed by atoms with Crippen LogP contribution in [0.25, 0.3) is 0 Å². The molecule has 2 aliphatic rings. The maximum Gasteiger partial charge on any atom is 0.337 e. The zero-order chi connectivity index (χ0) is 11.3. The van der Waals surface area contributed by atoms with Crippen molar-refractivity contribution >= 4 is 21.9 Å². The number of ether oxygens (including phenoxy) is 1. The van der Waals surface area contributed by atoms with Crippen molar-refractivity contribution in [2.45, 2.75) is 18.2 Å². The summed E-state index contributed by atoms with van der Waals surface area (Å²) in [6, 6.07) is 0. The number of carbonyl (C=O) groups excluding carboxylic acids is 1. The van der Waals surface area contributed by atoms with Gasteiger partial charge < -0.3 is 4.74 Å². The largest absolute Gasteiger partial charge is 0.465 e. The molecule has 0 saturated heterocycles. The first-order chi connectivity index (χ1) is 6.90. The fraction of sp³-hybridized carbons (Fsp3) is 0.417. The Bertz CT molecular complexity index is 415. The van der Waals surface area contributed by atoms with E-state index in [-0.39, 0.29) is 15.7 Å². The molecule has 0 amide bonds. The Balaban J connectivity index is 2.41. The topological polar surface area (TPSA) is 26.3 Å². The average molecular weight is 269 g/mol. The predicted octanol–water partition coefficient (Wildman–Crippen LogP) is 2.76. The van der Waals surface area contributed by atoms with Gasteiger partial charge in [0.25, 0.3) is 0 Å². The van der Waals surface area contributed by atoms with Crippen LogP contribution >= 0.6 is 15.9 Å². The van der Waals surface area contributed by atoms with Gasteiger partial charge in [-0.25, -0.2) is 4.79 Å². The van der Waals surface area contributed by atoms with Gasteiger partial charge in [0.05, 0.1) is 17.0 Å². The second-order valence-corrected chi connectivity index (χ2v) is 5.95. The van der Waals surface area contributed by atoms with E-state index in [0.29, 0.717) is 5.57 Å². The maximum absolute atomic E-state index is 11.4. The second kappa shape index (κ2) is 3.08. The fourth-order valence-corrected chi connectivity index (χ4v) is 2.62. The van der Waals surface area contributed by atoms with E-state index in [2.05, 4.69) is 35.9 Å². The molecule has 80 valence electrons. The van der Waals surface area contributed by atoms with Gasteiger partial charge in [0.15, 0.2) is 0 Å². The second-order valence-electron chi connectivity index (χ2n) is 4.30. The fourth-order valence-electron chi connectivity index (χ4n) is 2.03. The lowest BCUT2D eigenvalue weighted by Gasteiger charge is -2.50. The van der Waals surface area contributed by atoms with Gasteiger partial charge >= 0.3 is 5.97 Å². The molecule has 0 aliphatic heterocycles. The van der Waals surface area contributed by atoms with Gasteiger partial charge in [-0.2, -0.15) is 0 Å². The van der Waals surface area contributed by atoms with Crippen LogP contribution in [0.3, 0.4) is 0 Å². The standard InChI is InChI=1S/C12H13BrO2/c1-11-6-8(10(14)15-3)4-5-9(11)7-12(11,2)13/h4-7H,1-3H3/t11-,12?/m0/s1. The minimum absolute atomic E-state index is 0.0701. The number of fused-ring (bicyclic) bond motifs is 1. The molecule has 0 saturated carbocycles. The monoisotopic (exact) mass is 268 g/mol. The Kier molecular flexibility index (Phi) is 2.19. The van der Waals surface area contributed by atoms with Crippen molar-refractivity contribution in [2.75, 3.05) is 7.11 Å². The third-order valence-corrected chi connectivity index (χ3v) is 4.40. The van der Waals surface area contributed by atoms with E-state index in [1.54, 1.807) is 0 Å². The smallest absolute Gasteiger partial charge is 0.337 e. The quantitative estimate of drug-likeness (QED) is 0.540. The molecule has 0 aromatic carbocycles. The van der Waals surface area contributed by atoms with Crippen molar-refractivity contribution in [1.29, 1.82) is 0 Å². The van der Waals surface area contributed by atoms with Gasteiger partial charge in [0.1, 0.15) is 0 Å². The summed E-state index contributed by atoms with van der Waals surface area (Å²) in [5.74, 6) is -0.276. The number of methoxy groups -OCH3 is 1. The zero-order valence-electron chi connectivity index (χ0n) is 9.00. The molecule has 15 heavy (non-hydrogen) atoms. The van der Waals surface area contributed by atoms with Crippen molar-refractivity contribution in [3.8, 4) is 0 Å². The summed E-state index contributed by atoms with van der Waals surface area (Å²) in [6.45, 7) is 4.21. The predicted molar refractivity (Wildman–Crippen MR) is 62.8 cm³/mol. The Morgan fingerprint density at radius 3 is 2.53 bits per heavy atom. The summed E-state index contributed by atoms with van der Waals surface area (Å²) in [5, 5.41) is 0. The molecule has 2 nitrogen and oxygen atoms in total. The van der Waals surface area contributed by atoms with Crippen LogP contribution in [0.15, 0.2) is 35.5 Å². The normalized spacial score (nSPS) is 37.3. The SMILES string of the molecule is COC(=O)C1=C[C@@]2(C)C(=CC2(C)Br)C=C1. The highest BCUT2D eigenvalue weighted by atomic mass is 79.9. The van der Waals surface area contributed by atoms with Crippen molar-refractivity contribution in [3.05, 3.63) is 35.5 Å². The molecule has 0 aromatic rings. The van der Waals surface area contributed by atoms with Crippen LogP contribution in [-0.4, -0.2) is 17.4 Å². The number of rotatable bonds is 1. The first-order valence-corrected chi connectivity index (χ1v) is 5.61. The van der Waals surface area contributed by atoms with Crippen molar-refractivity contribution in [2.24, 2.45) is 5.41 Å². The van der Waals surface area contributed by atoms with E-state index in [0.717, 1.165) is 0 Å². The Morgan fingerprint density at radius 1 is 1.33 bits per heavy atom. The zero-order valence-corrected chi connectivity index (χ0v) is 10.6. The molecule has 3 heteroatoms. The third-order valence-electron chi connectivity index (χ3n) is 3.35. The summed E-state index contributed by atoms with van der Waals surface area (Å²) in [6.07, 6.45) is 7.92. The summed E-state index contributed by atoms with van der Waals surface area (Å²) < 4.78 is 4.65. The molecule has 1 unspecified atom stereocenters. The Labute approximate surface area is 97.8 Å². The van der Waals surface area contributed by atoms with Crippen LogP contribution in [-0.2, 0) is 9.53 Å². The molecule has 0 radical (unpaired) electrons. The minimum Gasteiger partial charge on any atom is -0.465 e. The summed E-state index contributed by atoms with van der Waals surface area (Å²) in [4.78, 5) is 11.4. The third kappa shape index (κ3) is 1.33. The van der Waals surface area contributed by atoms with E-state index in [1.165, 1.54) is 12.7 Å². The summed E-state index contributed by atoms with van der Waals surface area (Å²) in [7, 11) is 1.40. The molecular formula is C12H13BrO2. The highest BCUT2D eigenvalue weighted by Crippen LogP contribution is 2.57. The van der Waals surface area contributed by atoms with Crippen LogP contribution in [0, 0.1) is 5.41 Å². The molecule has 0 fully saturated rings. The van der Waals surface area contributed by atoms with E-state index >= 15 is 0 Å². The maximum atomic E-state index is 11.4. The highest BCUT2D eigenvalue weighted by Gasteiger charge is 2.51. The lowest BCUT2D eigenvalue weighted by molar-refractivity contribution is -0.135. The number of hydrogen-bond acceptors (Lipinski definition) is 2. The number of halogens is 1. The first kappa shape index (κ1) is 10.7. The summed E-state index contributed by atoms with van der Waals surface area (Å²) >= 11 is 3.65. The van der Waals surface area contributed by atoms with Crippen LogP contribution in [0.4, 0.5) is 0 Å². The van der Waals surface area contributed by atoms with Crippen LogP contribution < -0.4 is 0 Å². The van der Waals surface area contributed by atoms with Gasteiger partial charge in [-0.1, -0.05) is 41.1 Å². The van der Waals surface area contributed by atoms with E-state index in [9.17, 15) is 4.79 Å². The Morgan fingerprint density at radius 2 is 2.00 bits per heavy atom. The molecule has 0 heterocycles. The number of allylic oxidation sites excluding steroid dienone is 4. The van der Waals surface area contributed by atoms with Gasteiger partial charge in [-0.15, -0.1) is 0 Å². The lowest BCUT2D eigenvalue weighted by Crippen LogP contribution is -2.46. The first-order valence-electron chi connectivity index (χ1n) is 4.82. The van der Waals surface area contributed by atoms with E-state index < -0.39 is 0 Å². The van der Waals surface area contributed by atoms with Crippen molar-refractivity contribution in [3.63, 3.8) is 0 Å². The van der Waals surface area contributed by atoms with Crippen LogP contribution in [0.1, 0.15) is 13.8 Å². The van der Waals surface area contributed by atoms with Gasteiger partial charge in [0, 0.05) is 5.41 Å². The van der Waals surface area contributed by atoms with E-state index in [4.69, 9.17) is 4.74 Å². The number of alkyl halides is 1. The molecule has 0 bridgehead atoms. The molecule has 2 atom stereocenters. The molecule has 2 rings (SSSR count). The number of hydrogen-bond donors (Lipinski definition) is 0. The van der Waals surface area contributed by atoms with Crippen molar-refractivity contribution in [1.82, 2.24) is 0 Å². The average Bonchev–Trinajstić information content (AvgIpc) is 2.19. The molecule has 2 aliphatic carbocycles. The Hall–Kier alpha value is -0.830. The number of carbonyl (C=O) groups is 1. The molecule has 0 aromatic heterocycles. The van der Waals surface area contributed by atoms with Gasteiger partial charge in [-0.05, 0) is 18.6 Å².